The van der Waals surface area contributed by atoms with E-state index in [-0.39, 0.29) is 5.67 Å². The highest BCUT2D eigenvalue weighted by Gasteiger charge is 2.33. The molecule has 5 nitrogen and oxygen atoms in total. The van der Waals surface area contributed by atoms with Crippen LogP contribution < -0.4 is 0 Å². The molecule has 0 fully saturated rings. The minimum absolute atomic E-state index is 0.0904. The van der Waals surface area contributed by atoms with Crippen molar-refractivity contribution < 1.29 is 18.8 Å². The summed E-state index contributed by atoms with van der Waals surface area (Å²) >= 11 is 0. The third-order valence-electron chi connectivity index (χ3n) is 2.82. The first kappa shape index (κ1) is 17.4. The van der Waals surface area contributed by atoms with Crippen LogP contribution in [-0.2, 0) is 8.85 Å². The molecule has 0 aliphatic carbocycles. The van der Waals surface area contributed by atoms with Gasteiger partial charge in [-0.15, -0.1) is 0 Å². The minimum atomic E-state index is -1.97. The molecule has 108 valence electrons. The Morgan fingerprint density at radius 2 is 1.78 bits per heavy atom. The summed E-state index contributed by atoms with van der Waals surface area (Å²) in [6.07, 6.45) is 1.99. The van der Waals surface area contributed by atoms with Crippen molar-refractivity contribution in [1.29, 1.82) is 0 Å². The van der Waals surface area contributed by atoms with E-state index >= 15 is 0 Å². The zero-order valence-corrected chi connectivity index (χ0v) is 13.2. The second kappa shape index (κ2) is 10.3. The molecule has 0 aliphatic heterocycles. The van der Waals surface area contributed by atoms with Crippen LogP contribution in [0.2, 0.25) is 0 Å². The molecule has 0 aromatic heterocycles. The SMILES string of the molecule is CCCCC(N(CC)C(=O)O)[SiH](OCC)OCC. The Morgan fingerprint density at radius 1 is 1.22 bits per heavy atom. The molecule has 18 heavy (non-hydrogen) atoms. The number of amides is 1. The number of nitrogens with zero attached hydrogens (tertiary/aromatic N) is 1. The predicted molar refractivity (Wildman–Crippen MR) is 74.1 cm³/mol. The zero-order chi connectivity index (χ0) is 14.0. The molecule has 0 rings (SSSR count). The third kappa shape index (κ3) is 5.84. The largest absolute Gasteiger partial charge is 0.465 e. The fraction of sp³-hybridized carbons (Fsp3) is 0.917. The molecular weight excluding hydrogens is 250 g/mol. The van der Waals surface area contributed by atoms with Crippen LogP contribution >= 0.6 is 0 Å². The monoisotopic (exact) mass is 277 g/mol. The van der Waals surface area contributed by atoms with Crippen molar-refractivity contribution in [3.8, 4) is 0 Å². The van der Waals surface area contributed by atoms with Gasteiger partial charge in [0.25, 0.3) is 0 Å². The molecule has 0 saturated carbocycles. The minimum Gasteiger partial charge on any atom is -0.465 e. The highest BCUT2D eigenvalue weighted by Crippen LogP contribution is 2.14. The standard InChI is InChI=1S/C12H27NO4Si/c1-5-9-10-11(13(6-2)12(14)15)18(16-7-3)17-8-4/h11,18H,5-10H2,1-4H3,(H,14,15). The van der Waals surface area contributed by atoms with Gasteiger partial charge in [-0.2, -0.15) is 0 Å². The summed E-state index contributed by atoms with van der Waals surface area (Å²) in [6.45, 7) is 9.45. The predicted octanol–water partition coefficient (Wildman–Crippen LogP) is 2.38. The van der Waals surface area contributed by atoms with Gasteiger partial charge in [-0.25, -0.2) is 4.79 Å². The van der Waals surface area contributed by atoms with E-state index in [1.54, 1.807) is 0 Å². The fourth-order valence-corrected chi connectivity index (χ4v) is 4.30. The summed E-state index contributed by atoms with van der Waals surface area (Å²) in [4.78, 5) is 12.8. The van der Waals surface area contributed by atoms with Crippen LogP contribution in [0.3, 0.4) is 0 Å². The molecule has 0 aliphatic rings. The van der Waals surface area contributed by atoms with E-state index in [4.69, 9.17) is 8.85 Å². The van der Waals surface area contributed by atoms with Gasteiger partial charge in [-0.3, -0.25) is 0 Å². The normalized spacial score (nSPS) is 12.7. The summed E-state index contributed by atoms with van der Waals surface area (Å²) < 4.78 is 11.4. The third-order valence-corrected chi connectivity index (χ3v) is 5.46. The lowest BCUT2D eigenvalue weighted by molar-refractivity contribution is 0.117. The van der Waals surface area contributed by atoms with Crippen LogP contribution in [0.4, 0.5) is 4.79 Å². The Balaban J connectivity index is 4.82. The second-order valence-corrected chi connectivity index (χ2v) is 6.23. The number of carboxylic acid groups (broad SMARTS) is 1. The van der Waals surface area contributed by atoms with Crippen molar-refractivity contribution in [3.63, 3.8) is 0 Å². The van der Waals surface area contributed by atoms with E-state index in [1.165, 1.54) is 4.90 Å². The van der Waals surface area contributed by atoms with Crippen molar-refractivity contribution in [3.05, 3.63) is 0 Å². The van der Waals surface area contributed by atoms with Crippen molar-refractivity contribution in [2.75, 3.05) is 19.8 Å². The Bertz CT molecular complexity index is 222. The number of hydrogen-bond donors (Lipinski definition) is 1. The highest BCUT2D eigenvalue weighted by molar-refractivity contribution is 6.46. The molecule has 0 radical (unpaired) electrons. The number of hydrogen-bond acceptors (Lipinski definition) is 3. The van der Waals surface area contributed by atoms with Crippen molar-refractivity contribution in [2.45, 2.75) is 52.6 Å². The summed E-state index contributed by atoms with van der Waals surface area (Å²) in [6, 6.07) is 0. The van der Waals surface area contributed by atoms with E-state index in [9.17, 15) is 9.90 Å². The van der Waals surface area contributed by atoms with Crippen molar-refractivity contribution in [2.24, 2.45) is 0 Å². The quantitative estimate of drug-likeness (QED) is 0.623. The van der Waals surface area contributed by atoms with Gasteiger partial charge in [-0.1, -0.05) is 19.8 Å². The fourth-order valence-electron chi connectivity index (χ4n) is 1.96. The molecule has 6 heteroatoms. The first-order chi connectivity index (χ1) is 8.62. The van der Waals surface area contributed by atoms with Crippen LogP contribution in [0, 0.1) is 0 Å². The molecule has 1 amide bonds. The first-order valence-electron chi connectivity index (χ1n) is 6.84. The zero-order valence-electron chi connectivity index (χ0n) is 12.0. The van der Waals surface area contributed by atoms with Crippen LogP contribution in [0.1, 0.15) is 47.0 Å². The maximum atomic E-state index is 11.3. The Kier molecular flexibility index (Phi) is 10.00. The molecular formula is C12H27NO4Si. The topological polar surface area (TPSA) is 59.0 Å². The lowest BCUT2D eigenvalue weighted by Crippen LogP contribution is -2.51. The Morgan fingerprint density at radius 3 is 2.11 bits per heavy atom. The smallest absolute Gasteiger partial charge is 0.407 e. The average Bonchev–Trinajstić information content (AvgIpc) is 2.33. The van der Waals surface area contributed by atoms with Crippen LogP contribution in [-0.4, -0.2) is 50.8 Å². The van der Waals surface area contributed by atoms with Gasteiger partial charge in [0.05, 0.1) is 5.67 Å². The van der Waals surface area contributed by atoms with E-state index in [1.807, 2.05) is 20.8 Å². The molecule has 0 aromatic carbocycles. The summed E-state index contributed by atoms with van der Waals surface area (Å²) in [7, 11) is -1.97. The lowest BCUT2D eigenvalue weighted by atomic mass is 10.2. The molecule has 0 saturated heterocycles. The van der Waals surface area contributed by atoms with Gasteiger partial charge in [0.15, 0.2) is 0 Å². The van der Waals surface area contributed by atoms with Crippen molar-refractivity contribution >= 4 is 15.4 Å². The van der Waals surface area contributed by atoms with Gasteiger partial charge >= 0.3 is 15.4 Å². The maximum Gasteiger partial charge on any atom is 0.407 e. The van der Waals surface area contributed by atoms with E-state index < -0.39 is 15.4 Å². The second-order valence-electron chi connectivity index (χ2n) is 4.06. The molecule has 0 heterocycles. The van der Waals surface area contributed by atoms with Gasteiger partial charge in [0.2, 0.25) is 0 Å². The number of carbonyl (C=O) groups is 1. The molecule has 1 unspecified atom stereocenters. The van der Waals surface area contributed by atoms with Crippen LogP contribution in [0.5, 0.6) is 0 Å². The summed E-state index contributed by atoms with van der Waals surface area (Å²) in [5, 5.41) is 9.27. The highest BCUT2D eigenvalue weighted by atomic mass is 28.3. The van der Waals surface area contributed by atoms with Gasteiger partial charge in [0, 0.05) is 19.8 Å². The maximum absolute atomic E-state index is 11.3. The van der Waals surface area contributed by atoms with E-state index in [0.717, 1.165) is 19.3 Å². The van der Waals surface area contributed by atoms with E-state index in [2.05, 4.69) is 6.92 Å². The Hall–Kier alpha value is -0.593. The molecule has 0 bridgehead atoms. The van der Waals surface area contributed by atoms with E-state index in [0.29, 0.717) is 19.8 Å². The van der Waals surface area contributed by atoms with Crippen LogP contribution in [0.15, 0.2) is 0 Å². The van der Waals surface area contributed by atoms with Gasteiger partial charge < -0.3 is 18.9 Å². The molecule has 1 atom stereocenters. The Labute approximate surface area is 112 Å². The van der Waals surface area contributed by atoms with Gasteiger partial charge in [-0.05, 0) is 27.2 Å². The summed E-state index contributed by atoms with van der Waals surface area (Å²) in [5.74, 6) is 0. The first-order valence-corrected chi connectivity index (χ1v) is 8.45. The summed E-state index contributed by atoms with van der Waals surface area (Å²) in [5.41, 5.74) is -0.0904. The molecule has 0 spiro atoms. The van der Waals surface area contributed by atoms with Gasteiger partial charge in [0.1, 0.15) is 0 Å². The van der Waals surface area contributed by atoms with Crippen molar-refractivity contribution in [1.82, 2.24) is 4.90 Å². The number of rotatable bonds is 10. The molecule has 1 N–H and O–H groups in total. The van der Waals surface area contributed by atoms with Crippen LogP contribution in [0.25, 0.3) is 0 Å². The number of unbranched alkanes of at least 4 members (excludes halogenated alkanes) is 1. The average molecular weight is 277 g/mol. The molecule has 0 aromatic rings. The lowest BCUT2D eigenvalue weighted by Gasteiger charge is -2.32.